The summed E-state index contributed by atoms with van der Waals surface area (Å²) in [5, 5.41) is 3.17. The van der Waals surface area contributed by atoms with E-state index in [1.54, 1.807) is 43.6 Å². The first kappa shape index (κ1) is 31.9. The van der Waals surface area contributed by atoms with Gasteiger partial charge in [-0.2, -0.15) is 0 Å². The number of rotatable bonds is 9. The molecule has 0 radical (unpaired) electrons. The highest BCUT2D eigenvalue weighted by molar-refractivity contribution is 8.01. The van der Waals surface area contributed by atoms with E-state index >= 15 is 0 Å². The molecule has 1 aromatic carbocycles. The summed E-state index contributed by atoms with van der Waals surface area (Å²) in [4.78, 5) is 43.8. The lowest BCUT2D eigenvalue weighted by Gasteiger charge is -2.39. The van der Waals surface area contributed by atoms with Gasteiger partial charge in [-0.05, 0) is 51.6 Å². The van der Waals surface area contributed by atoms with Crippen molar-refractivity contribution >= 4 is 29.5 Å². The van der Waals surface area contributed by atoms with E-state index in [4.69, 9.17) is 4.74 Å². The molecule has 1 heterocycles. The average Bonchev–Trinajstić information content (AvgIpc) is 3.07. The second-order valence-corrected chi connectivity index (χ2v) is 13.8. The molecule has 38 heavy (non-hydrogen) atoms. The summed E-state index contributed by atoms with van der Waals surface area (Å²) < 4.78 is 4.77. The third kappa shape index (κ3) is 7.41. The predicted molar refractivity (Wildman–Crippen MR) is 156 cm³/mol. The molecule has 1 N–H and O–H groups in total. The van der Waals surface area contributed by atoms with Crippen molar-refractivity contribution in [3.8, 4) is 0 Å². The Hall–Kier alpha value is -2.32. The fraction of sp³-hybridized carbons (Fsp3) is 0.633. The first-order valence-electron chi connectivity index (χ1n) is 13.4. The fourth-order valence-electron chi connectivity index (χ4n) is 5.02. The smallest absolute Gasteiger partial charge is 0.333 e. The van der Waals surface area contributed by atoms with E-state index in [0.29, 0.717) is 12.2 Å². The van der Waals surface area contributed by atoms with Gasteiger partial charge >= 0.3 is 5.97 Å². The van der Waals surface area contributed by atoms with Crippen molar-refractivity contribution in [3.05, 3.63) is 47.5 Å². The molecule has 0 aromatic heterocycles. The number of carbonyl (C=O) groups excluding carboxylic acids is 3. The molecule has 8 heteroatoms. The normalized spacial score (nSPS) is 21.6. The molecule has 1 aliphatic rings. The summed E-state index contributed by atoms with van der Waals surface area (Å²) in [6.07, 6.45) is 1.79. The lowest BCUT2D eigenvalue weighted by molar-refractivity contribution is -0.141. The van der Waals surface area contributed by atoms with Crippen LogP contribution in [0.5, 0.6) is 0 Å². The summed E-state index contributed by atoms with van der Waals surface area (Å²) in [6, 6.07) is 8.67. The maximum Gasteiger partial charge on any atom is 0.333 e. The number of nitrogens with zero attached hydrogens (tertiary/aromatic N) is 2. The first-order chi connectivity index (χ1) is 17.5. The van der Waals surface area contributed by atoms with E-state index in [9.17, 15) is 14.4 Å². The highest BCUT2D eigenvalue weighted by Crippen LogP contribution is 2.51. The Morgan fingerprint density at radius 3 is 2.26 bits per heavy atom. The number of hydrogen-bond donors (Lipinski definition) is 1. The summed E-state index contributed by atoms with van der Waals surface area (Å²) >= 11 is 1.76. The molecule has 1 aliphatic heterocycles. The second kappa shape index (κ2) is 12.7. The number of esters is 1. The van der Waals surface area contributed by atoms with Crippen LogP contribution in [0.3, 0.4) is 0 Å². The monoisotopic (exact) mass is 545 g/mol. The quantitative estimate of drug-likeness (QED) is 0.346. The average molecular weight is 546 g/mol. The molecule has 1 saturated heterocycles. The van der Waals surface area contributed by atoms with Crippen molar-refractivity contribution in [2.24, 2.45) is 11.3 Å². The SMILES string of the molecule is CCOC(=O)C(C)=C[C@H](C(C)C)N(C)C(=O)C(NC(=O)C1N(C)[C@@H](c2ccccc2)SC1(C)C)C(C)(C)C. The van der Waals surface area contributed by atoms with Gasteiger partial charge in [0.25, 0.3) is 0 Å². The molecule has 0 aliphatic carbocycles. The number of hydrogen-bond acceptors (Lipinski definition) is 6. The van der Waals surface area contributed by atoms with Gasteiger partial charge in [0.2, 0.25) is 11.8 Å². The van der Waals surface area contributed by atoms with Gasteiger partial charge in [0.15, 0.2) is 0 Å². The van der Waals surface area contributed by atoms with E-state index in [0.717, 1.165) is 5.56 Å². The molecule has 0 spiro atoms. The number of likely N-dealkylation sites (N-methyl/N-ethyl adjacent to an activating group) is 2. The fourth-order valence-corrected chi connectivity index (χ4v) is 6.58. The van der Waals surface area contributed by atoms with Crippen molar-refractivity contribution in [2.45, 2.75) is 90.6 Å². The Morgan fingerprint density at radius 1 is 1.18 bits per heavy atom. The number of ether oxygens (including phenoxy) is 1. The van der Waals surface area contributed by atoms with Gasteiger partial charge in [-0.25, -0.2) is 4.79 Å². The maximum atomic E-state index is 13.9. The summed E-state index contributed by atoms with van der Waals surface area (Å²) in [7, 11) is 3.71. The minimum atomic E-state index is -0.748. The minimum absolute atomic E-state index is 0.0368. The molecular formula is C30H47N3O4S. The largest absolute Gasteiger partial charge is 0.463 e. The molecule has 2 unspecified atom stereocenters. The standard InChI is InChI=1S/C30H47N3O4S/c1-12-37-28(36)20(4)18-22(19(2)3)32(10)26(35)23(29(5,6)7)31-25(34)24-30(8,9)38-27(33(24)11)21-16-14-13-15-17-21/h13-19,22-24,27H,12H2,1-11H3,(H,31,34)/t22-,23?,24?,27-/m1/s1. The van der Waals surface area contributed by atoms with E-state index in [2.05, 4.69) is 36.2 Å². The summed E-state index contributed by atoms with van der Waals surface area (Å²) in [5.41, 5.74) is 1.07. The van der Waals surface area contributed by atoms with Crippen molar-refractivity contribution in [3.63, 3.8) is 0 Å². The van der Waals surface area contributed by atoms with Crippen LogP contribution in [0, 0.1) is 11.3 Å². The topological polar surface area (TPSA) is 79.0 Å². The van der Waals surface area contributed by atoms with Crippen LogP contribution in [0.2, 0.25) is 0 Å². The van der Waals surface area contributed by atoms with E-state index in [-0.39, 0.29) is 33.9 Å². The Kier molecular flexibility index (Phi) is 10.7. The number of amides is 2. The second-order valence-electron chi connectivity index (χ2n) is 12.1. The van der Waals surface area contributed by atoms with Gasteiger partial charge in [-0.1, -0.05) is 71.0 Å². The first-order valence-corrected chi connectivity index (χ1v) is 14.3. The van der Waals surface area contributed by atoms with Gasteiger partial charge in [0.1, 0.15) is 12.1 Å². The third-order valence-electron chi connectivity index (χ3n) is 7.08. The van der Waals surface area contributed by atoms with Gasteiger partial charge < -0.3 is 15.0 Å². The zero-order chi connectivity index (χ0) is 29.0. The van der Waals surface area contributed by atoms with Crippen LogP contribution in [0.4, 0.5) is 0 Å². The van der Waals surface area contributed by atoms with Crippen LogP contribution in [-0.4, -0.2) is 71.2 Å². The summed E-state index contributed by atoms with van der Waals surface area (Å²) in [6.45, 7) is 17.8. The van der Waals surface area contributed by atoms with Crippen molar-refractivity contribution in [2.75, 3.05) is 20.7 Å². The maximum absolute atomic E-state index is 13.9. The molecular weight excluding hydrogens is 498 g/mol. The molecule has 212 valence electrons. The van der Waals surface area contributed by atoms with E-state index in [1.165, 1.54) is 0 Å². The van der Waals surface area contributed by atoms with Crippen molar-refractivity contribution in [1.82, 2.24) is 15.1 Å². The molecule has 1 fully saturated rings. The lowest BCUT2D eigenvalue weighted by Crippen LogP contribution is -2.60. The number of carbonyl (C=O) groups is 3. The van der Waals surface area contributed by atoms with E-state index < -0.39 is 23.5 Å². The molecule has 1 aromatic rings. The zero-order valence-electron chi connectivity index (χ0n) is 25.0. The number of benzene rings is 1. The zero-order valence-corrected chi connectivity index (χ0v) is 25.8. The van der Waals surface area contributed by atoms with Gasteiger partial charge in [0, 0.05) is 17.4 Å². The number of nitrogens with one attached hydrogen (secondary N) is 1. The molecule has 7 nitrogen and oxygen atoms in total. The Balaban J connectivity index is 2.33. The Labute approximate surface area is 233 Å². The lowest BCUT2D eigenvalue weighted by atomic mass is 9.84. The molecule has 0 saturated carbocycles. The van der Waals surface area contributed by atoms with Crippen LogP contribution in [-0.2, 0) is 19.1 Å². The Morgan fingerprint density at radius 2 is 1.76 bits per heavy atom. The molecule has 4 atom stereocenters. The highest BCUT2D eigenvalue weighted by atomic mass is 32.2. The molecule has 2 rings (SSSR count). The van der Waals surface area contributed by atoms with Crippen LogP contribution >= 0.6 is 11.8 Å². The van der Waals surface area contributed by atoms with Crippen LogP contribution in [0.25, 0.3) is 0 Å². The molecule has 0 bridgehead atoms. The van der Waals surface area contributed by atoms with Gasteiger partial charge in [-0.3, -0.25) is 14.5 Å². The predicted octanol–water partition coefficient (Wildman–Crippen LogP) is 5.03. The van der Waals surface area contributed by atoms with Crippen LogP contribution < -0.4 is 5.32 Å². The minimum Gasteiger partial charge on any atom is -0.463 e. The molecule has 2 amide bonds. The van der Waals surface area contributed by atoms with Crippen molar-refractivity contribution < 1.29 is 19.1 Å². The number of thioether (sulfide) groups is 1. The van der Waals surface area contributed by atoms with Gasteiger partial charge in [-0.15, -0.1) is 11.8 Å². The third-order valence-corrected chi connectivity index (χ3v) is 8.74. The van der Waals surface area contributed by atoms with E-state index in [1.807, 2.05) is 59.9 Å². The highest BCUT2D eigenvalue weighted by Gasteiger charge is 2.51. The summed E-state index contributed by atoms with van der Waals surface area (Å²) in [5.74, 6) is -0.697. The van der Waals surface area contributed by atoms with Crippen molar-refractivity contribution in [1.29, 1.82) is 0 Å². The van der Waals surface area contributed by atoms with Crippen LogP contribution in [0.15, 0.2) is 42.0 Å². The Bertz CT molecular complexity index is 1020. The van der Waals surface area contributed by atoms with Crippen LogP contribution in [0.1, 0.15) is 73.3 Å². The van der Waals surface area contributed by atoms with Gasteiger partial charge in [0.05, 0.1) is 18.0 Å².